The molecule has 0 fully saturated rings. The molecule has 0 spiro atoms. The number of nitrogens with one attached hydrogen (secondary N) is 1. The van der Waals surface area contributed by atoms with Gasteiger partial charge in [-0.3, -0.25) is 4.79 Å². The third-order valence-corrected chi connectivity index (χ3v) is 4.02. The predicted octanol–water partition coefficient (Wildman–Crippen LogP) is 2.68. The number of rotatable bonds is 4. The van der Waals surface area contributed by atoms with E-state index in [1.54, 1.807) is 4.90 Å². The van der Waals surface area contributed by atoms with Gasteiger partial charge in [-0.05, 0) is 35.0 Å². The van der Waals surface area contributed by atoms with Crippen LogP contribution in [0.25, 0.3) is 0 Å². The highest BCUT2D eigenvalue weighted by Gasteiger charge is 2.12. The van der Waals surface area contributed by atoms with Crippen LogP contribution in [-0.4, -0.2) is 29.7 Å². The minimum atomic E-state index is -0.0951. The van der Waals surface area contributed by atoms with Crippen molar-refractivity contribution in [1.82, 2.24) is 10.2 Å². The molecule has 0 aliphatic carbocycles. The first-order valence-corrected chi connectivity index (χ1v) is 7.23. The number of likely N-dealkylation sites (N-methyl/N-ethyl adjacent to an activating group) is 1. The summed E-state index contributed by atoms with van der Waals surface area (Å²) < 4.78 is 0.859. The average Bonchev–Trinajstić information content (AvgIpc) is 2.79. The van der Waals surface area contributed by atoms with Crippen LogP contribution < -0.4 is 10.2 Å². The summed E-state index contributed by atoms with van der Waals surface area (Å²) in [6.45, 7) is 2.12. The van der Waals surface area contributed by atoms with E-state index in [1.807, 2.05) is 38.2 Å². The monoisotopic (exact) mass is 340 g/mol. The maximum atomic E-state index is 11.9. The van der Waals surface area contributed by atoms with Crippen LogP contribution in [0.5, 0.6) is 0 Å². The highest BCUT2D eigenvalue weighted by Crippen LogP contribution is 2.21. The molecule has 7 heteroatoms. The van der Waals surface area contributed by atoms with E-state index in [0.29, 0.717) is 0 Å². The Morgan fingerprint density at radius 2 is 2.16 bits per heavy atom. The van der Waals surface area contributed by atoms with Gasteiger partial charge in [-0.2, -0.15) is 0 Å². The van der Waals surface area contributed by atoms with Gasteiger partial charge in [-0.15, -0.1) is 10.2 Å². The van der Waals surface area contributed by atoms with Crippen LogP contribution in [0, 0.1) is 6.92 Å². The highest BCUT2D eigenvalue weighted by atomic mass is 79.9. The van der Waals surface area contributed by atoms with Gasteiger partial charge in [0.05, 0.1) is 12.2 Å². The quantitative estimate of drug-likeness (QED) is 0.929. The van der Waals surface area contributed by atoms with E-state index in [4.69, 9.17) is 0 Å². The summed E-state index contributed by atoms with van der Waals surface area (Å²) in [5, 5.41) is 12.4. The van der Waals surface area contributed by atoms with Gasteiger partial charge in [0.2, 0.25) is 11.0 Å². The molecule has 1 aromatic heterocycles. The van der Waals surface area contributed by atoms with Crippen molar-refractivity contribution in [1.29, 1.82) is 0 Å². The number of aryl methyl sites for hydroxylation is 1. The molecule has 2 rings (SSSR count). The van der Waals surface area contributed by atoms with Gasteiger partial charge < -0.3 is 10.2 Å². The largest absolute Gasteiger partial charge is 0.340 e. The molecule has 19 heavy (non-hydrogen) atoms. The second kappa shape index (κ2) is 6.12. The fourth-order valence-electron chi connectivity index (χ4n) is 1.48. The van der Waals surface area contributed by atoms with E-state index in [0.717, 1.165) is 20.3 Å². The molecule has 100 valence electrons. The standard InChI is InChI=1S/C12H13BrN4OS/c1-8-15-16-12(19-8)17(2)7-11(18)14-10-6-4-3-5-9(10)13/h3-6H,7H2,1-2H3,(H,14,18). The SMILES string of the molecule is Cc1nnc(N(C)CC(=O)Nc2ccccc2Br)s1. The molecule has 5 nitrogen and oxygen atoms in total. The summed E-state index contributed by atoms with van der Waals surface area (Å²) in [5.41, 5.74) is 0.759. The number of hydrogen-bond donors (Lipinski definition) is 1. The maximum absolute atomic E-state index is 11.9. The Hall–Kier alpha value is -1.47. The Morgan fingerprint density at radius 1 is 1.42 bits per heavy atom. The summed E-state index contributed by atoms with van der Waals surface area (Å²) in [6.07, 6.45) is 0. The summed E-state index contributed by atoms with van der Waals surface area (Å²) in [5.74, 6) is -0.0951. The number of para-hydroxylation sites is 1. The average molecular weight is 341 g/mol. The van der Waals surface area contributed by atoms with Crippen LogP contribution in [0.2, 0.25) is 0 Å². The van der Waals surface area contributed by atoms with E-state index in [9.17, 15) is 4.79 Å². The first kappa shape index (κ1) is 14.0. The molecule has 1 N–H and O–H groups in total. The zero-order valence-corrected chi connectivity index (χ0v) is 13.0. The number of benzene rings is 1. The fourth-order valence-corrected chi connectivity index (χ4v) is 2.51. The zero-order valence-electron chi connectivity index (χ0n) is 10.6. The molecule has 2 aromatic rings. The lowest BCUT2D eigenvalue weighted by molar-refractivity contribution is -0.114. The van der Waals surface area contributed by atoms with Gasteiger partial charge >= 0.3 is 0 Å². The number of carbonyl (C=O) groups excluding carboxylic acids is 1. The Morgan fingerprint density at radius 3 is 2.79 bits per heavy atom. The van der Waals surface area contributed by atoms with Crippen LogP contribution in [0.15, 0.2) is 28.7 Å². The van der Waals surface area contributed by atoms with E-state index < -0.39 is 0 Å². The Kier molecular flexibility index (Phi) is 4.49. The predicted molar refractivity (Wildman–Crippen MR) is 80.7 cm³/mol. The first-order valence-electron chi connectivity index (χ1n) is 5.62. The zero-order chi connectivity index (χ0) is 13.8. The van der Waals surface area contributed by atoms with Crippen LogP contribution in [0.3, 0.4) is 0 Å². The van der Waals surface area contributed by atoms with Gasteiger partial charge in [0.15, 0.2) is 0 Å². The second-order valence-electron chi connectivity index (χ2n) is 3.99. The minimum absolute atomic E-state index is 0.0951. The molecular formula is C12H13BrN4OS. The second-order valence-corrected chi connectivity index (χ2v) is 6.00. The Balaban J connectivity index is 1.96. The van der Waals surface area contributed by atoms with E-state index in [2.05, 4.69) is 31.4 Å². The minimum Gasteiger partial charge on any atom is -0.340 e. The van der Waals surface area contributed by atoms with Crippen molar-refractivity contribution in [2.75, 3.05) is 23.8 Å². The lowest BCUT2D eigenvalue weighted by atomic mass is 10.3. The maximum Gasteiger partial charge on any atom is 0.243 e. The summed E-state index contributed by atoms with van der Waals surface area (Å²) in [4.78, 5) is 13.7. The number of nitrogens with zero attached hydrogens (tertiary/aromatic N) is 3. The topological polar surface area (TPSA) is 58.1 Å². The third-order valence-electron chi connectivity index (χ3n) is 2.37. The smallest absolute Gasteiger partial charge is 0.243 e. The van der Waals surface area contributed by atoms with E-state index >= 15 is 0 Å². The van der Waals surface area contributed by atoms with Gasteiger partial charge in [0.1, 0.15) is 5.01 Å². The molecule has 0 radical (unpaired) electrons. The Bertz CT molecular complexity index is 587. The lowest BCUT2D eigenvalue weighted by Crippen LogP contribution is -2.30. The molecule has 0 aliphatic rings. The summed E-state index contributed by atoms with van der Waals surface area (Å²) in [7, 11) is 1.82. The van der Waals surface area contributed by atoms with Crippen molar-refractivity contribution in [2.45, 2.75) is 6.92 Å². The number of anilines is 2. The molecule has 0 saturated carbocycles. The molecule has 1 amide bonds. The number of carbonyl (C=O) groups is 1. The number of hydrogen-bond acceptors (Lipinski definition) is 5. The summed E-state index contributed by atoms with van der Waals surface area (Å²) >= 11 is 4.85. The van der Waals surface area contributed by atoms with E-state index in [-0.39, 0.29) is 12.5 Å². The fraction of sp³-hybridized carbons (Fsp3) is 0.250. The van der Waals surface area contributed by atoms with Crippen molar-refractivity contribution in [3.05, 3.63) is 33.7 Å². The molecule has 0 bridgehead atoms. The number of amides is 1. The third kappa shape index (κ3) is 3.74. The molecule has 1 heterocycles. The first-order chi connectivity index (χ1) is 9.06. The van der Waals surface area contributed by atoms with E-state index in [1.165, 1.54) is 11.3 Å². The van der Waals surface area contributed by atoms with Gasteiger partial charge in [0.25, 0.3) is 0 Å². The van der Waals surface area contributed by atoms with Crippen molar-refractivity contribution >= 4 is 44.0 Å². The van der Waals surface area contributed by atoms with Crippen LogP contribution in [-0.2, 0) is 4.79 Å². The molecule has 0 atom stereocenters. The van der Waals surface area contributed by atoms with Crippen molar-refractivity contribution in [3.8, 4) is 0 Å². The summed E-state index contributed by atoms with van der Waals surface area (Å²) in [6, 6.07) is 7.50. The Labute approximate surface area is 123 Å². The number of halogens is 1. The number of aromatic nitrogens is 2. The van der Waals surface area contributed by atoms with Gasteiger partial charge in [-0.1, -0.05) is 23.5 Å². The highest BCUT2D eigenvalue weighted by molar-refractivity contribution is 9.10. The molecule has 0 aliphatic heterocycles. The van der Waals surface area contributed by atoms with Crippen molar-refractivity contribution in [3.63, 3.8) is 0 Å². The van der Waals surface area contributed by atoms with Gasteiger partial charge in [-0.25, -0.2) is 0 Å². The molecule has 0 unspecified atom stereocenters. The van der Waals surface area contributed by atoms with Crippen LogP contribution in [0.4, 0.5) is 10.8 Å². The van der Waals surface area contributed by atoms with Crippen molar-refractivity contribution < 1.29 is 4.79 Å². The van der Waals surface area contributed by atoms with Crippen molar-refractivity contribution in [2.24, 2.45) is 0 Å². The molecular weight excluding hydrogens is 328 g/mol. The van der Waals surface area contributed by atoms with Crippen LogP contribution >= 0.6 is 27.3 Å². The molecule has 1 aromatic carbocycles. The lowest BCUT2D eigenvalue weighted by Gasteiger charge is -2.15. The molecule has 0 saturated heterocycles. The van der Waals surface area contributed by atoms with Crippen LogP contribution in [0.1, 0.15) is 5.01 Å². The normalized spacial score (nSPS) is 10.3. The van der Waals surface area contributed by atoms with Gasteiger partial charge in [0, 0.05) is 11.5 Å².